The van der Waals surface area contributed by atoms with Crippen molar-refractivity contribution in [1.29, 1.82) is 0 Å². The minimum Gasteiger partial charge on any atom is -0.493 e. The van der Waals surface area contributed by atoms with E-state index in [1.165, 1.54) is 17.7 Å². The number of amides is 2. The summed E-state index contributed by atoms with van der Waals surface area (Å²) < 4.78 is 42.7. The largest absolute Gasteiger partial charge is 0.493 e. The number of non-ortho nitro benzene ring substituents is 1. The number of rotatable bonds is 6. The number of carbonyl (C=O) groups excluding carboxylic acids is 1. The fraction of sp³-hybridized carbons (Fsp3) is 0.462. The number of ether oxygens (including phenoxy) is 2. The number of nitrogens with one attached hydrogen (secondary N) is 2. The maximum absolute atomic E-state index is 12.6. The van der Waals surface area contributed by atoms with Crippen LogP contribution in [0.2, 0.25) is 0 Å². The molecule has 0 radical (unpaired) electrons. The number of hydrogen-bond donors (Lipinski definition) is 3. The van der Waals surface area contributed by atoms with Gasteiger partial charge in [-0.15, -0.1) is 0 Å². The number of methoxy groups -OCH3 is 2. The first-order chi connectivity index (χ1) is 18.8. The molecule has 1 saturated carbocycles. The number of carboxylic acids is 1. The Morgan fingerprint density at radius 2 is 1.80 bits per heavy atom. The lowest BCUT2D eigenvalue weighted by atomic mass is 9.65. The molecule has 2 amide bonds. The van der Waals surface area contributed by atoms with Gasteiger partial charge in [-0.05, 0) is 63.0 Å². The number of halogens is 3. The van der Waals surface area contributed by atoms with E-state index in [0.717, 1.165) is 38.0 Å². The van der Waals surface area contributed by atoms with Crippen LogP contribution in [0.15, 0.2) is 42.5 Å². The van der Waals surface area contributed by atoms with Gasteiger partial charge in [-0.25, -0.2) is 9.59 Å². The number of aliphatic carboxylic acids is 1. The van der Waals surface area contributed by atoms with Crippen LogP contribution in [0.3, 0.4) is 0 Å². The Hall–Kier alpha value is -4.07. The molecule has 3 unspecified atom stereocenters. The molecule has 0 bridgehead atoms. The number of alkyl halides is 3. The number of nitro groups is 1. The topological polar surface area (TPSA) is 143 Å². The van der Waals surface area contributed by atoms with Gasteiger partial charge in [0.05, 0.1) is 19.1 Å². The highest BCUT2D eigenvalue weighted by atomic mass is 19.4. The predicted octanol–water partition coefficient (Wildman–Crippen LogP) is 4.56. The van der Waals surface area contributed by atoms with E-state index in [9.17, 15) is 28.1 Å². The normalized spacial score (nSPS) is 22.2. The molecule has 40 heavy (non-hydrogen) atoms. The lowest BCUT2D eigenvalue weighted by molar-refractivity contribution is -0.384. The molecular formula is C26H31F3N4O7. The zero-order valence-electron chi connectivity index (χ0n) is 22.2. The molecule has 1 saturated heterocycles. The van der Waals surface area contributed by atoms with E-state index in [1.807, 2.05) is 6.07 Å². The number of benzene rings is 2. The van der Waals surface area contributed by atoms with E-state index < -0.39 is 17.1 Å². The maximum Gasteiger partial charge on any atom is 0.490 e. The average Bonchev–Trinajstić information content (AvgIpc) is 3.25. The van der Waals surface area contributed by atoms with Gasteiger partial charge in [-0.1, -0.05) is 12.1 Å². The number of likely N-dealkylation sites (N-methyl/N-ethyl adjacent to an activating group) is 1. The van der Waals surface area contributed by atoms with Crippen LogP contribution >= 0.6 is 0 Å². The Kier molecular flexibility index (Phi) is 9.45. The van der Waals surface area contributed by atoms with Gasteiger partial charge in [-0.2, -0.15) is 13.2 Å². The maximum atomic E-state index is 12.6. The van der Waals surface area contributed by atoms with Gasteiger partial charge in [0.1, 0.15) is 0 Å². The standard InChI is InChI=1S/C24H30N4O5.C2HF3O2/c1-27-12-11-24(16-7-8-20(32-2)21(13-16)33-3)10-9-18(15-22(24)27)26-23(29)25-17-5-4-6-19(14-17)28(30)31;3-2(4,5)1(6)7/h4-8,13-14,18,22H,9-12,15H2,1-3H3,(H2,25,26,29);(H,6,7). The van der Waals surface area contributed by atoms with Crippen molar-refractivity contribution in [3.8, 4) is 11.5 Å². The molecule has 2 aromatic rings. The number of carbonyl (C=O) groups is 2. The molecule has 2 aromatic carbocycles. The number of anilines is 1. The molecule has 2 fully saturated rings. The summed E-state index contributed by atoms with van der Waals surface area (Å²) in [5.41, 5.74) is 1.59. The Balaban J connectivity index is 0.000000559. The van der Waals surface area contributed by atoms with Crippen molar-refractivity contribution >= 4 is 23.4 Å². The number of urea groups is 1. The number of nitrogens with zero attached hydrogens (tertiary/aromatic N) is 2. The van der Waals surface area contributed by atoms with Crippen LogP contribution in [0.25, 0.3) is 0 Å². The van der Waals surface area contributed by atoms with Crippen molar-refractivity contribution in [2.75, 3.05) is 33.1 Å². The second-order valence-corrected chi connectivity index (χ2v) is 9.65. The van der Waals surface area contributed by atoms with Gasteiger partial charge >= 0.3 is 18.2 Å². The van der Waals surface area contributed by atoms with Crippen LogP contribution in [0, 0.1) is 10.1 Å². The smallest absolute Gasteiger partial charge is 0.490 e. The van der Waals surface area contributed by atoms with E-state index in [-0.39, 0.29) is 29.2 Å². The van der Waals surface area contributed by atoms with Crippen LogP contribution in [0.1, 0.15) is 31.2 Å². The predicted molar refractivity (Wildman–Crippen MR) is 139 cm³/mol. The zero-order chi connectivity index (χ0) is 29.7. The summed E-state index contributed by atoms with van der Waals surface area (Å²) in [5, 5.41) is 23.9. The Bertz CT molecular complexity index is 1240. The van der Waals surface area contributed by atoms with Crippen molar-refractivity contribution in [1.82, 2.24) is 10.2 Å². The summed E-state index contributed by atoms with van der Waals surface area (Å²) in [7, 11) is 5.43. The molecule has 2 aliphatic rings. The third-order valence-electron chi connectivity index (χ3n) is 7.38. The summed E-state index contributed by atoms with van der Waals surface area (Å²) in [4.78, 5) is 34.4. The number of hydrogen-bond acceptors (Lipinski definition) is 7. The number of nitro benzene ring substituents is 1. The van der Waals surface area contributed by atoms with Gasteiger partial charge < -0.3 is 30.1 Å². The minimum atomic E-state index is -5.08. The molecule has 1 heterocycles. The second-order valence-electron chi connectivity index (χ2n) is 9.65. The highest BCUT2D eigenvalue weighted by molar-refractivity contribution is 5.89. The molecule has 218 valence electrons. The first-order valence-electron chi connectivity index (χ1n) is 12.4. The van der Waals surface area contributed by atoms with Crippen LogP contribution in [0.4, 0.5) is 29.3 Å². The van der Waals surface area contributed by atoms with E-state index in [0.29, 0.717) is 11.4 Å². The van der Waals surface area contributed by atoms with Gasteiger partial charge in [0.25, 0.3) is 5.69 Å². The third-order valence-corrected chi connectivity index (χ3v) is 7.38. The third kappa shape index (κ3) is 6.92. The number of carboxylic acid groups (broad SMARTS) is 1. The summed E-state index contributed by atoms with van der Waals surface area (Å²) in [6.07, 6.45) is -1.41. The first-order valence-corrected chi connectivity index (χ1v) is 12.4. The molecule has 3 atom stereocenters. The lowest BCUT2D eigenvalue weighted by Gasteiger charge is -2.45. The molecule has 1 aliphatic heterocycles. The minimum absolute atomic E-state index is 0.00298. The summed E-state index contributed by atoms with van der Waals surface area (Å²) in [5.74, 6) is -1.31. The van der Waals surface area contributed by atoms with E-state index in [1.54, 1.807) is 26.4 Å². The van der Waals surface area contributed by atoms with E-state index in [2.05, 4.69) is 34.7 Å². The molecule has 0 aromatic heterocycles. The van der Waals surface area contributed by atoms with Crippen molar-refractivity contribution in [3.63, 3.8) is 0 Å². The summed E-state index contributed by atoms with van der Waals surface area (Å²) >= 11 is 0. The van der Waals surface area contributed by atoms with Crippen LogP contribution in [-0.2, 0) is 10.2 Å². The van der Waals surface area contributed by atoms with E-state index in [4.69, 9.17) is 19.4 Å². The first kappa shape index (κ1) is 30.5. The SMILES string of the molecule is COc1ccc(C23CCC(NC(=O)Nc4cccc([N+](=O)[O-])c4)CC2N(C)CC3)cc1OC.O=C(O)C(F)(F)F. The summed E-state index contributed by atoms with van der Waals surface area (Å²) in [6.45, 7) is 0.992. The Morgan fingerprint density at radius 3 is 2.40 bits per heavy atom. The van der Waals surface area contributed by atoms with Crippen molar-refractivity contribution in [3.05, 3.63) is 58.1 Å². The van der Waals surface area contributed by atoms with Crippen LogP contribution < -0.4 is 20.1 Å². The molecule has 0 spiro atoms. The molecule has 3 N–H and O–H groups in total. The van der Waals surface area contributed by atoms with Gasteiger partial charge in [0, 0.05) is 35.3 Å². The monoisotopic (exact) mass is 568 g/mol. The second kappa shape index (κ2) is 12.4. The van der Waals surface area contributed by atoms with Gasteiger partial charge in [-0.3, -0.25) is 10.1 Å². The molecule has 14 heteroatoms. The fourth-order valence-corrected chi connectivity index (χ4v) is 5.44. The van der Waals surface area contributed by atoms with Crippen molar-refractivity contribution < 1.29 is 42.3 Å². The molecule has 1 aliphatic carbocycles. The van der Waals surface area contributed by atoms with Gasteiger partial charge in [0.2, 0.25) is 0 Å². The van der Waals surface area contributed by atoms with Crippen molar-refractivity contribution in [2.45, 2.75) is 49.4 Å². The Morgan fingerprint density at radius 1 is 1.12 bits per heavy atom. The van der Waals surface area contributed by atoms with Crippen LogP contribution in [0.5, 0.6) is 11.5 Å². The fourth-order valence-electron chi connectivity index (χ4n) is 5.44. The highest BCUT2D eigenvalue weighted by Crippen LogP contribution is 2.49. The lowest BCUT2D eigenvalue weighted by Crippen LogP contribution is -2.52. The highest BCUT2D eigenvalue weighted by Gasteiger charge is 2.50. The van der Waals surface area contributed by atoms with Crippen LogP contribution in [-0.4, -0.2) is 73.0 Å². The number of fused-ring (bicyclic) bond motifs is 1. The van der Waals surface area contributed by atoms with Gasteiger partial charge in [0.15, 0.2) is 11.5 Å². The molecular weight excluding hydrogens is 537 g/mol. The Labute approximate surface area is 228 Å². The molecule has 11 nitrogen and oxygen atoms in total. The van der Waals surface area contributed by atoms with Crippen molar-refractivity contribution in [2.24, 2.45) is 0 Å². The number of likely N-dealkylation sites (tertiary alicyclic amines) is 1. The van der Waals surface area contributed by atoms with E-state index >= 15 is 0 Å². The molecule has 4 rings (SSSR count). The average molecular weight is 569 g/mol. The summed E-state index contributed by atoms with van der Waals surface area (Å²) in [6, 6.07) is 12.1. The zero-order valence-corrected chi connectivity index (χ0v) is 22.2. The quantitative estimate of drug-likeness (QED) is 0.340.